The van der Waals surface area contributed by atoms with E-state index < -0.39 is 22.9 Å². The third-order valence-electron chi connectivity index (χ3n) is 3.79. The molecule has 0 spiro atoms. The second-order valence-corrected chi connectivity index (χ2v) is 6.64. The number of nitrogens with one attached hydrogen (secondary N) is 4. The van der Waals surface area contributed by atoms with Crippen LogP contribution in [-0.4, -0.2) is 42.6 Å². The SMILES string of the molecule is Cc1ccc(N=Cc2c(O)[nH]c(=S)[nH]c2=O)cc1N=Cc1c(O)[nH]c(=S)[nH]c1=O. The molecule has 0 saturated carbocycles. The number of aliphatic imine (C=N–C) groups is 2. The highest BCUT2D eigenvalue weighted by Gasteiger charge is 2.07. The molecule has 1 aromatic carbocycles. The number of hydrogen-bond acceptors (Lipinski definition) is 8. The Kier molecular flexibility index (Phi) is 5.66. The summed E-state index contributed by atoms with van der Waals surface area (Å²) in [4.78, 5) is 41.7. The van der Waals surface area contributed by atoms with Crippen LogP contribution in [-0.2, 0) is 0 Å². The van der Waals surface area contributed by atoms with Gasteiger partial charge in [0.25, 0.3) is 11.1 Å². The van der Waals surface area contributed by atoms with Crippen molar-refractivity contribution in [2.24, 2.45) is 9.98 Å². The molecule has 2 heterocycles. The largest absolute Gasteiger partial charge is 0.494 e. The Hall–Kier alpha value is -3.64. The maximum Gasteiger partial charge on any atom is 0.264 e. The van der Waals surface area contributed by atoms with Gasteiger partial charge in [-0.2, -0.15) is 0 Å². The fourth-order valence-electron chi connectivity index (χ4n) is 2.30. The summed E-state index contributed by atoms with van der Waals surface area (Å²) in [6.07, 6.45) is 2.38. The number of H-pyrrole nitrogens is 4. The Bertz CT molecular complexity index is 1380. The Labute approximate surface area is 172 Å². The van der Waals surface area contributed by atoms with Crippen molar-refractivity contribution in [3.05, 3.63) is 65.1 Å². The quantitative estimate of drug-likeness (QED) is 0.275. The van der Waals surface area contributed by atoms with Gasteiger partial charge in [-0.15, -0.1) is 0 Å². The Balaban J connectivity index is 1.96. The van der Waals surface area contributed by atoms with Crippen LogP contribution in [0.2, 0.25) is 0 Å². The van der Waals surface area contributed by atoms with Crippen molar-refractivity contribution in [1.82, 2.24) is 19.9 Å². The molecule has 0 aliphatic heterocycles. The van der Waals surface area contributed by atoms with Crippen LogP contribution in [0.3, 0.4) is 0 Å². The van der Waals surface area contributed by atoms with E-state index in [4.69, 9.17) is 24.4 Å². The van der Waals surface area contributed by atoms with Crippen molar-refractivity contribution in [2.45, 2.75) is 6.92 Å². The number of rotatable bonds is 4. The molecule has 12 heteroatoms. The van der Waals surface area contributed by atoms with Crippen LogP contribution in [0.15, 0.2) is 37.8 Å². The van der Waals surface area contributed by atoms with Crippen LogP contribution in [0.4, 0.5) is 11.4 Å². The van der Waals surface area contributed by atoms with Crippen LogP contribution in [0.5, 0.6) is 11.8 Å². The fraction of sp³-hybridized carbons (Fsp3) is 0.0588. The molecule has 3 rings (SSSR count). The molecule has 0 aliphatic carbocycles. The van der Waals surface area contributed by atoms with Gasteiger partial charge < -0.3 is 20.2 Å². The number of aromatic hydroxyl groups is 2. The van der Waals surface area contributed by atoms with Crippen molar-refractivity contribution < 1.29 is 10.2 Å². The second kappa shape index (κ2) is 8.16. The van der Waals surface area contributed by atoms with E-state index in [1.165, 1.54) is 12.4 Å². The zero-order chi connectivity index (χ0) is 21.1. The van der Waals surface area contributed by atoms with Gasteiger partial charge in [0.2, 0.25) is 11.8 Å². The van der Waals surface area contributed by atoms with Crippen LogP contribution in [0.25, 0.3) is 0 Å². The predicted octanol–water partition coefficient (Wildman–Crippen LogP) is 2.40. The van der Waals surface area contributed by atoms with Gasteiger partial charge in [-0.05, 0) is 49.1 Å². The van der Waals surface area contributed by atoms with Crippen molar-refractivity contribution in [1.29, 1.82) is 0 Å². The first kappa shape index (κ1) is 20.1. The Morgan fingerprint density at radius 1 is 0.862 bits per heavy atom. The molecule has 0 amide bonds. The van der Waals surface area contributed by atoms with Crippen LogP contribution < -0.4 is 11.1 Å². The van der Waals surface area contributed by atoms with Crippen molar-refractivity contribution in [3.8, 4) is 11.8 Å². The second-order valence-electron chi connectivity index (χ2n) is 5.83. The highest BCUT2D eigenvalue weighted by Crippen LogP contribution is 2.25. The normalized spacial score (nSPS) is 11.5. The molecule has 6 N–H and O–H groups in total. The van der Waals surface area contributed by atoms with E-state index >= 15 is 0 Å². The maximum atomic E-state index is 11.9. The van der Waals surface area contributed by atoms with E-state index in [0.29, 0.717) is 11.4 Å². The van der Waals surface area contributed by atoms with Gasteiger partial charge in [0.1, 0.15) is 11.1 Å². The van der Waals surface area contributed by atoms with Crippen LogP contribution in [0.1, 0.15) is 16.7 Å². The zero-order valence-corrected chi connectivity index (χ0v) is 16.4. The first-order chi connectivity index (χ1) is 13.7. The molecular weight excluding hydrogens is 416 g/mol. The fourth-order valence-corrected chi connectivity index (χ4v) is 2.68. The summed E-state index contributed by atoms with van der Waals surface area (Å²) in [5.41, 5.74) is 0.364. The number of hydrogen-bond donors (Lipinski definition) is 6. The first-order valence-corrected chi connectivity index (χ1v) is 8.86. The predicted molar refractivity (Wildman–Crippen MR) is 114 cm³/mol. The van der Waals surface area contributed by atoms with Gasteiger partial charge in [-0.25, -0.2) is 0 Å². The molecule has 0 fully saturated rings. The maximum absolute atomic E-state index is 11.9. The molecule has 29 heavy (non-hydrogen) atoms. The first-order valence-electron chi connectivity index (χ1n) is 8.04. The summed E-state index contributed by atoms with van der Waals surface area (Å²) in [7, 11) is 0. The highest BCUT2D eigenvalue weighted by molar-refractivity contribution is 7.71. The highest BCUT2D eigenvalue weighted by atomic mass is 32.1. The van der Waals surface area contributed by atoms with Gasteiger partial charge in [0, 0.05) is 12.4 Å². The molecule has 0 radical (unpaired) electrons. The van der Waals surface area contributed by atoms with Crippen LogP contribution in [0, 0.1) is 16.5 Å². The van der Waals surface area contributed by atoms with E-state index in [2.05, 4.69) is 29.9 Å². The average molecular weight is 430 g/mol. The lowest BCUT2D eigenvalue weighted by Crippen LogP contribution is -2.13. The minimum absolute atomic E-state index is 0.00303. The molecule has 2 aromatic heterocycles. The van der Waals surface area contributed by atoms with E-state index in [1.54, 1.807) is 25.1 Å². The number of aromatic amines is 4. The van der Waals surface area contributed by atoms with Gasteiger partial charge in [0.15, 0.2) is 9.54 Å². The molecular formula is C17H14N6O4S2. The van der Waals surface area contributed by atoms with Gasteiger partial charge in [-0.1, -0.05) is 6.07 Å². The third-order valence-corrected chi connectivity index (χ3v) is 4.19. The Morgan fingerprint density at radius 2 is 1.38 bits per heavy atom. The van der Waals surface area contributed by atoms with Gasteiger partial charge >= 0.3 is 0 Å². The molecule has 3 aromatic rings. The van der Waals surface area contributed by atoms with Crippen molar-refractivity contribution in [2.75, 3.05) is 0 Å². The lowest BCUT2D eigenvalue weighted by molar-refractivity contribution is 0.448. The number of aromatic nitrogens is 4. The Morgan fingerprint density at radius 3 is 1.90 bits per heavy atom. The molecule has 0 saturated heterocycles. The standard InChI is InChI=1S/C17H14N6O4S2/c1-7-2-3-8(18-5-9-12(24)20-16(28)21-13(9)25)4-11(7)19-6-10-14(26)22-17(29)23-15(10)27/h2-6H,1H3,(H3,20,21,24,25,28)(H3,22,23,26,27,29). The van der Waals surface area contributed by atoms with E-state index in [0.717, 1.165) is 5.56 Å². The third kappa shape index (κ3) is 4.62. The molecule has 0 unspecified atom stereocenters. The summed E-state index contributed by atoms with van der Waals surface area (Å²) in [5, 5.41) is 19.6. The van der Waals surface area contributed by atoms with Crippen LogP contribution >= 0.6 is 24.4 Å². The summed E-state index contributed by atoms with van der Waals surface area (Å²) < 4.78 is -0.00658. The summed E-state index contributed by atoms with van der Waals surface area (Å²) >= 11 is 9.54. The summed E-state index contributed by atoms with van der Waals surface area (Å²) in [6.45, 7) is 1.80. The smallest absolute Gasteiger partial charge is 0.264 e. The average Bonchev–Trinajstić information content (AvgIpc) is 2.62. The summed E-state index contributed by atoms with van der Waals surface area (Å²) in [5.74, 6) is -0.797. The number of nitrogens with zero attached hydrogens (tertiary/aromatic N) is 2. The molecule has 148 valence electrons. The monoisotopic (exact) mass is 430 g/mol. The van der Waals surface area contributed by atoms with Gasteiger partial charge in [-0.3, -0.25) is 29.5 Å². The number of aryl methyl sites for hydroxylation is 1. The lowest BCUT2D eigenvalue weighted by atomic mass is 10.2. The van der Waals surface area contributed by atoms with E-state index in [9.17, 15) is 19.8 Å². The molecule has 0 bridgehead atoms. The molecule has 0 atom stereocenters. The minimum Gasteiger partial charge on any atom is -0.494 e. The lowest BCUT2D eigenvalue weighted by Gasteiger charge is -2.03. The van der Waals surface area contributed by atoms with Crippen molar-refractivity contribution >= 4 is 48.2 Å². The summed E-state index contributed by atoms with van der Waals surface area (Å²) in [6, 6.07) is 5.03. The number of benzene rings is 1. The topological polar surface area (TPSA) is 162 Å². The molecule has 0 aliphatic rings. The minimum atomic E-state index is -0.587. The molecule has 10 nitrogen and oxygen atoms in total. The van der Waals surface area contributed by atoms with E-state index in [1.807, 2.05) is 0 Å². The van der Waals surface area contributed by atoms with E-state index in [-0.39, 0.29) is 20.7 Å². The van der Waals surface area contributed by atoms with Crippen molar-refractivity contribution in [3.63, 3.8) is 0 Å². The van der Waals surface area contributed by atoms with Gasteiger partial charge in [0.05, 0.1) is 11.4 Å². The zero-order valence-electron chi connectivity index (χ0n) is 14.8.